The highest BCUT2D eigenvalue weighted by Crippen LogP contribution is 2.26. The number of rotatable bonds is 5. The van der Waals surface area contributed by atoms with E-state index in [4.69, 9.17) is 5.11 Å². The Morgan fingerprint density at radius 1 is 0.929 bits per heavy atom. The summed E-state index contributed by atoms with van der Waals surface area (Å²) in [6.45, 7) is 3.51. The molecule has 0 unspecified atom stereocenters. The molecule has 0 saturated carbocycles. The molecule has 3 aromatic rings. The number of carbonyl (C=O) groups is 1. The van der Waals surface area contributed by atoms with E-state index in [1.54, 1.807) is 4.68 Å². The zero-order valence-electron chi connectivity index (χ0n) is 15.6. The van der Waals surface area contributed by atoms with Gasteiger partial charge < -0.3 is 10.0 Å². The highest BCUT2D eigenvalue weighted by molar-refractivity contribution is 5.98. The lowest BCUT2D eigenvalue weighted by Gasteiger charge is -2.34. The molecule has 0 radical (unpaired) electrons. The van der Waals surface area contributed by atoms with Crippen LogP contribution in [0.5, 0.6) is 0 Å². The van der Waals surface area contributed by atoms with E-state index < -0.39 is 0 Å². The molecular weight excluding hydrogens is 354 g/mol. The maximum atomic E-state index is 13.2. The van der Waals surface area contributed by atoms with Crippen molar-refractivity contribution in [3.8, 4) is 16.9 Å². The Morgan fingerprint density at radius 2 is 1.57 bits per heavy atom. The third-order valence-electron chi connectivity index (χ3n) is 5.00. The first kappa shape index (κ1) is 18.3. The molecule has 1 aliphatic rings. The van der Waals surface area contributed by atoms with Gasteiger partial charge in [0.2, 0.25) is 0 Å². The minimum atomic E-state index is -0.107. The van der Waals surface area contributed by atoms with E-state index >= 15 is 0 Å². The number of β-amino-alcohol motifs (C(OH)–C–C–N with tert-alkyl or cyclic N) is 1. The minimum Gasteiger partial charge on any atom is -0.395 e. The van der Waals surface area contributed by atoms with Crippen molar-refractivity contribution < 1.29 is 9.90 Å². The Kier molecular flexibility index (Phi) is 5.45. The molecule has 0 aliphatic carbocycles. The second-order valence-corrected chi connectivity index (χ2v) is 6.76. The van der Waals surface area contributed by atoms with Crippen LogP contribution in [0.4, 0.5) is 0 Å². The summed E-state index contributed by atoms with van der Waals surface area (Å²) in [7, 11) is 0. The van der Waals surface area contributed by atoms with Gasteiger partial charge in [-0.05, 0) is 12.1 Å². The molecule has 0 spiro atoms. The normalized spacial score (nSPS) is 15.0. The summed E-state index contributed by atoms with van der Waals surface area (Å²) < 4.78 is 1.73. The number of para-hydroxylation sites is 1. The highest BCUT2D eigenvalue weighted by atomic mass is 16.3. The lowest BCUT2D eigenvalue weighted by atomic mass is 10.1. The van der Waals surface area contributed by atoms with Crippen LogP contribution >= 0.6 is 0 Å². The van der Waals surface area contributed by atoms with Gasteiger partial charge in [-0.2, -0.15) is 0 Å². The van der Waals surface area contributed by atoms with E-state index in [1.165, 1.54) is 0 Å². The number of carbonyl (C=O) groups excluding carboxylic acids is 1. The van der Waals surface area contributed by atoms with Gasteiger partial charge in [-0.3, -0.25) is 9.69 Å². The maximum absolute atomic E-state index is 13.2. The fraction of sp³-hybridized carbons (Fsp3) is 0.286. The Hall–Kier alpha value is -3.03. The van der Waals surface area contributed by atoms with Crippen molar-refractivity contribution >= 4 is 5.91 Å². The van der Waals surface area contributed by atoms with Gasteiger partial charge >= 0.3 is 0 Å². The van der Waals surface area contributed by atoms with E-state index in [9.17, 15) is 4.79 Å². The lowest BCUT2D eigenvalue weighted by Crippen LogP contribution is -2.49. The van der Waals surface area contributed by atoms with Gasteiger partial charge in [0.1, 0.15) is 5.69 Å². The molecule has 7 nitrogen and oxygen atoms in total. The van der Waals surface area contributed by atoms with Crippen molar-refractivity contribution in [1.29, 1.82) is 0 Å². The second kappa shape index (κ2) is 8.33. The Bertz CT molecular complexity index is 918. The Morgan fingerprint density at radius 3 is 2.21 bits per heavy atom. The number of aliphatic hydroxyl groups excluding tert-OH is 1. The molecule has 7 heteroatoms. The van der Waals surface area contributed by atoms with Gasteiger partial charge in [0.05, 0.1) is 12.3 Å². The molecular formula is C21H23N5O2. The molecule has 1 saturated heterocycles. The number of hydrogen-bond acceptors (Lipinski definition) is 5. The van der Waals surface area contributed by atoms with Crippen molar-refractivity contribution in [2.45, 2.75) is 0 Å². The lowest BCUT2D eigenvalue weighted by molar-refractivity contribution is 0.0610. The summed E-state index contributed by atoms with van der Waals surface area (Å²) in [5, 5.41) is 17.7. The number of amides is 1. The molecule has 1 aliphatic heterocycles. The molecule has 1 fully saturated rings. The molecule has 1 aromatic heterocycles. The average Bonchev–Trinajstić information content (AvgIpc) is 3.20. The van der Waals surface area contributed by atoms with Crippen LogP contribution in [0.15, 0.2) is 60.7 Å². The molecule has 0 atom stereocenters. The number of nitrogens with zero attached hydrogens (tertiary/aromatic N) is 5. The van der Waals surface area contributed by atoms with Gasteiger partial charge in [0.25, 0.3) is 5.91 Å². The minimum absolute atomic E-state index is 0.107. The number of hydrogen-bond donors (Lipinski definition) is 1. The van der Waals surface area contributed by atoms with E-state index in [-0.39, 0.29) is 12.5 Å². The van der Waals surface area contributed by atoms with Crippen LogP contribution < -0.4 is 0 Å². The third kappa shape index (κ3) is 3.67. The second-order valence-electron chi connectivity index (χ2n) is 6.76. The fourth-order valence-corrected chi connectivity index (χ4v) is 3.50. The predicted octanol–water partition coefficient (Wildman–Crippen LogP) is 1.68. The maximum Gasteiger partial charge on any atom is 0.276 e. The smallest absolute Gasteiger partial charge is 0.276 e. The molecule has 1 N–H and O–H groups in total. The highest BCUT2D eigenvalue weighted by Gasteiger charge is 2.28. The summed E-state index contributed by atoms with van der Waals surface area (Å²) in [6.07, 6.45) is 0. The number of aliphatic hydroxyl groups is 1. The summed E-state index contributed by atoms with van der Waals surface area (Å²) in [6, 6.07) is 19.5. The van der Waals surface area contributed by atoms with Gasteiger partial charge in [0.15, 0.2) is 5.69 Å². The van der Waals surface area contributed by atoms with Crippen LogP contribution in [0.3, 0.4) is 0 Å². The van der Waals surface area contributed by atoms with Crippen molar-refractivity contribution in [3.63, 3.8) is 0 Å². The first-order chi connectivity index (χ1) is 13.8. The quantitative estimate of drug-likeness (QED) is 0.732. The fourth-order valence-electron chi connectivity index (χ4n) is 3.50. The zero-order valence-corrected chi connectivity index (χ0v) is 15.6. The van der Waals surface area contributed by atoms with Crippen molar-refractivity contribution in [1.82, 2.24) is 24.8 Å². The topological polar surface area (TPSA) is 74.5 Å². The first-order valence-electron chi connectivity index (χ1n) is 9.47. The number of piperazine rings is 1. The van der Waals surface area contributed by atoms with Gasteiger partial charge in [-0.25, -0.2) is 4.68 Å². The van der Waals surface area contributed by atoms with Crippen molar-refractivity contribution in [2.75, 3.05) is 39.3 Å². The number of benzene rings is 2. The zero-order chi connectivity index (χ0) is 19.3. The summed E-state index contributed by atoms with van der Waals surface area (Å²) in [5.74, 6) is -0.107. The molecule has 2 aromatic carbocycles. The van der Waals surface area contributed by atoms with Crippen molar-refractivity contribution in [2.24, 2.45) is 0 Å². The van der Waals surface area contributed by atoms with E-state index in [1.807, 2.05) is 65.6 Å². The SMILES string of the molecule is O=C(c1nnn(-c2ccccc2)c1-c1ccccc1)N1CCN(CCO)CC1. The molecule has 0 bridgehead atoms. The van der Waals surface area contributed by atoms with E-state index in [0.29, 0.717) is 31.0 Å². The van der Waals surface area contributed by atoms with Crippen LogP contribution in [0.2, 0.25) is 0 Å². The van der Waals surface area contributed by atoms with Crippen LogP contribution in [0.25, 0.3) is 16.9 Å². The van der Waals surface area contributed by atoms with Crippen LogP contribution in [-0.2, 0) is 0 Å². The Labute approximate surface area is 163 Å². The number of aromatic nitrogens is 3. The third-order valence-corrected chi connectivity index (χ3v) is 5.00. The molecule has 4 rings (SSSR count). The predicted molar refractivity (Wildman–Crippen MR) is 106 cm³/mol. The average molecular weight is 377 g/mol. The van der Waals surface area contributed by atoms with Gasteiger partial charge in [-0.1, -0.05) is 53.7 Å². The molecule has 1 amide bonds. The monoisotopic (exact) mass is 377 g/mol. The summed E-state index contributed by atoms with van der Waals surface area (Å²) >= 11 is 0. The molecule has 2 heterocycles. The van der Waals surface area contributed by atoms with Crippen LogP contribution in [-0.4, -0.2) is 75.1 Å². The van der Waals surface area contributed by atoms with Gasteiger partial charge in [-0.15, -0.1) is 5.10 Å². The summed E-state index contributed by atoms with van der Waals surface area (Å²) in [4.78, 5) is 17.2. The standard InChI is InChI=1S/C21H23N5O2/c27-16-15-24-11-13-25(14-12-24)21(28)19-20(17-7-3-1-4-8-17)26(23-22-19)18-9-5-2-6-10-18/h1-10,27H,11-16H2. The Balaban J connectivity index is 1.68. The molecule has 144 valence electrons. The summed E-state index contributed by atoms with van der Waals surface area (Å²) in [5.41, 5.74) is 2.83. The van der Waals surface area contributed by atoms with E-state index in [0.717, 1.165) is 24.3 Å². The van der Waals surface area contributed by atoms with Crippen LogP contribution in [0, 0.1) is 0 Å². The van der Waals surface area contributed by atoms with Crippen LogP contribution in [0.1, 0.15) is 10.5 Å². The first-order valence-corrected chi connectivity index (χ1v) is 9.47. The van der Waals surface area contributed by atoms with Gasteiger partial charge in [0, 0.05) is 38.3 Å². The van der Waals surface area contributed by atoms with E-state index in [2.05, 4.69) is 15.2 Å². The largest absolute Gasteiger partial charge is 0.395 e. The van der Waals surface area contributed by atoms with Crippen molar-refractivity contribution in [3.05, 3.63) is 66.4 Å². The molecule has 28 heavy (non-hydrogen) atoms.